The summed E-state index contributed by atoms with van der Waals surface area (Å²) in [6, 6.07) is 0.527. The van der Waals surface area contributed by atoms with Crippen LogP contribution in [0, 0.1) is 17.8 Å². The summed E-state index contributed by atoms with van der Waals surface area (Å²) in [7, 11) is 0. The molecular weight excluding hydrogens is 575 g/mol. The van der Waals surface area contributed by atoms with E-state index in [1.165, 1.54) is 10.7 Å². The molecule has 3 aromatic heterocycles. The van der Waals surface area contributed by atoms with Crippen molar-refractivity contribution in [1.29, 1.82) is 0 Å². The normalized spacial score (nSPS) is 20.6. The second-order valence-corrected chi connectivity index (χ2v) is 12.1. The standard InChI is InChI=1S/C28H33F5N8O2/c29-27(30)8-5-18(6-9-27)25(38-26(43)21-13-34-39-40(21)14-16-1-2-16)20-15-41-22(36-20)11-19(12-35-41)24(17-3-4-17)37-23(42)7-10-28(31,32)33/h11-13,15-18,24-25H,1-10,14H2,(H,37,42)(H,38,43)/t24?,25-/m0/s1. The number of fused-ring (bicyclic) bond motifs is 1. The summed E-state index contributed by atoms with van der Waals surface area (Å²) in [4.78, 5) is 30.4. The molecule has 3 aromatic rings. The molecule has 0 radical (unpaired) electrons. The van der Waals surface area contributed by atoms with Gasteiger partial charge in [0.15, 0.2) is 5.65 Å². The maximum Gasteiger partial charge on any atom is 0.389 e. The summed E-state index contributed by atoms with van der Waals surface area (Å²) < 4.78 is 69.0. The summed E-state index contributed by atoms with van der Waals surface area (Å²) in [6.45, 7) is 0.582. The minimum Gasteiger partial charge on any atom is -0.349 e. The van der Waals surface area contributed by atoms with Crippen LogP contribution in [0.2, 0.25) is 0 Å². The average molecular weight is 609 g/mol. The van der Waals surface area contributed by atoms with Crippen molar-refractivity contribution in [2.75, 3.05) is 0 Å². The number of amides is 2. The molecule has 232 valence electrons. The van der Waals surface area contributed by atoms with Crippen LogP contribution < -0.4 is 10.6 Å². The van der Waals surface area contributed by atoms with Crippen molar-refractivity contribution in [3.8, 4) is 0 Å². The molecule has 3 aliphatic carbocycles. The molecule has 0 saturated heterocycles. The van der Waals surface area contributed by atoms with Gasteiger partial charge in [-0.1, -0.05) is 5.21 Å². The SMILES string of the molecule is O=C(CCC(F)(F)F)NC(c1cnn2cc([C@@H](NC(=O)c3cnnn3CC3CC3)C3CCC(F)(F)CC3)nc2c1)C1CC1. The number of nitrogens with one attached hydrogen (secondary N) is 2. The largest absolute Gasteiger partial charge is 0.389 e. The fourth-order valence-corrected chi connectivity index (χ4v) is 5.79. The number of hydrogen-bond donors (Lipinski definition) is 2. The fourth-order valence-electron chi connectivity index (χ4n) is 5.79. The van der Waals surface area contributed by atoms with Crippen LogP contribution >= 0.6 is 0 Å². The Bertz CT molecular complexity index is 1470. The van der Waals surface area contributed by atoms with Crippen molar-refractivity contribution in [2.24, 2.45) is 17.8 Å². The first-order valence-corrected chi connectivity index (χ1v) is 14.7. The third kappa shape index (κ3) is 7.29. The summed E-state index contributed by atoms with van der Waals surface area (Å²) in [5, 5.41) is 18.1. The Labute approximate surface area is 243 Å². The van der Waals surface area contributed by atoms with E-state index in [1.807, 2.05) is 0 Å². The van der Waals surface area contributed by atoms with Gasteiger partial charge in [0.2, 0.25) is 11.8 Å². The highest BCUT2D eigenvalue weighted by Gasteiger charge is 2.40. The third-order valence-electron chi connectivity index (χ3n) is 8.58. The van der Waals surface area contributed by atoms with Crippen molar-refractivity contribution in [2.45, 2.75) is 94.9 Å². The number of aromatic nitrogens is 6. The van der Waals surface area contributed by atoms with Crippen molar-refractivity contribution < 1.29 is 31.5 Å². The van der Waals surface area contributed by atoms with E-state index in [0.29, 0.717) is 29.4 Å². The van der Waals surface area contributed by atoms with E-state index in [0.717, 1.165) is 25.7 Å². The highest BCUT2D eigenvalue weighted by Crippen LogP contribution is 2.43. The molecule has 3 heterocycles. The predicted octanol–water partition coefficient (Wildman–Crippen LogP) is 4.94. The van der Waals surface area contributed by atoms with Gasteiger partial charge in [-0.3, -0.25) is 9.59 Å². The Morgan fingerprint density at radius 2 is 1.72 bits per heavy atom. The zero-order valence-electron chi connectivity index (χ0n) is 23.4. The Balaban J connectivity index is 1.24. The van der Waals surface area contributed by atoms with Gasteiger partial charge in [-0.05, 0) is 67.9 Å². The van der Waals surface area contributed by atoms with Gasteiger partial charge in [0.25, 0.3) is 5.91 Å². The van der Waals surface area contributed by atoms with E-state index in [9.17, 15) is 31.5 Å². The summed E-state index contributed by atoms with van der Waals surface area (Å²) in [5.41, 5.74) is 1.76. The van der Waals surface area contributed by atoms with E-state index in [4.69, 9.17) is 4.98 Å². The minimum absolute atomic E-state index is 0.0820. The third-order valence-corrected chi connectivity index (χ3v) is 8.58. The van der Waals surface area contributed by atoms with Gasteiger partial charge in [-0.15, -0.1) is 5.10 Å². The van der Waals surface area contributed by atoms with Gasteiger partial charge < -0.3 is 10.6 Å². The number of nitrogens with zero attached hydrogens (tertiary/aromatic N) is 6. The minimum atomic E-state index is -4.42. The van der Waals surface area contributed by atoms with Gasteiger partial charge >= 0.3 is 6.18 Å². The number of carbonyl (C=O) groups excluding carboxylic acids is 2. The van der Waals surface area contributed by atoms with Crippen LogP contribution in [-0.2, 0) is 11.3 Å². The number of alkyl halides is 5. The summed E-state index contributed by atoms with van der Waals surface area (Å²) in [6.07, 6.45) is 1.86. The van der Waals surface area contributed by atoms with Gasteiger partial charge in [-0.25, -0.2) is 23.0 Å². The van der Waals surface area contributed by atoms with Crippen LogP contribution in [0.15, 0.2) is 24.7 Å². The zero-order valence-corrected chi connectivity index (χ0v) is 23.4. The Kier molecular flexibility index (Phi) is 7.84. The van der Waals surface area contributed by atoms with E-state index in [-0.39, 0.29) is 43.2 Å². The van der Waals surface area contributed by atoms with Gasteiger partial charge in [0.1, 0.15) is 5.69 Å². The lowest BCUT2D eigenvalue weighted by atomic mass is 9.81. The molecule has 6 rings (SSSR count). The molecule has 2 N–H and O–H groups in total. The van der Waals surface area contributed by atoms with Crippen molar-refractivity contribution in [1.82, 2.24) is 40.2 Å². The number of rotatable bonds is 11. The van der Waals surface area contributed by atoms with Crippen molar-refractivity contribution >= 4 is 17.5 Å². The maximum absolute atomic E-state index is 14.0. The van der Waals surface area contributed by atoms with Crippen LogP contribution in [0.3, 0.4) is 0 Å². The molecule has 10 nitrogen and oxygen atoms in total. The number of halogens is 5. The lowest BCUT2D eigenvalue weighted by Gasteiger charge is -2.33. The first kappa shape index (κ1) is 29.4. The van der Waals surface area contributed by atoms with Gasteiger partial charge in [0, 0.05) is 25.8 Å². The first-order valence-electron chi connectivity index (χ1n) is 14.7. The molecule has 3 fully saturated rings. The van der Waals surface area contributed by atoms with E-state index < -0.39 is 48.8 Å². The Hall–Kier alpha value is -3.65. The highest BCUT2D eigenvalue weighted by atomic mass is 19.4. The molecule has 0 aliphatic heterocycles. The second kappa shape index (κ2) is 11.5. The van der Waals surface area contributed by atoms with Crippen LogP contribution in [0.5, 0.6) is 0 Å². The second-order valence-electron chi connectivity index (χ2n) is 12.1. The van der Waals surface area contributed by atoms with Crippen LogP contribution in [0.1, 0.15) is 98.0 Å². The monoisotopic (exact) mass is 608 g/mol. The molecule has 3 aliphatic rings. The van der Waals surface area contributed by atoms with E-state index in [2.05, 4.69) is 26.0 Å². The van der Waals surface area contributed by atoms with Gasteiger partial charge in [-0.2, -0.15) is 18.3 Å². The molecule has 43 heavy (non-hydrogen) atoms. The van der Waals surface area contributed by atoms with E-state index >= 15 is 0 Å². The fraction of sp³-hybridized carbons (Fsp3) is 0.643. The summed E-state index contributed by atoms with van der Waals surface area (Å²) >= 11 is 0. The number of imidazole rings is 1. The predicted molar refractivity (Wildman–Crippen MR) is 142 cm³/mol. The lowest BCUT2D eigenvalue weighted by molar-refractivity contribution is -0.144. The number of hydrogen-bond acceptors (Lipinski definition) is 6. The molecule has 0 spiro atoms. The topological polar surface area (TPSA) is 119 Å². The molecule has 2 amide bonds. The smallest absolute Gasteiger partial charge is 0.349 e. The van der Waals surface area contributed by atoms with Crippen LogP contribution in [0.25, 0.3) is 5.65 Å². The van der Waals surface area contributed by atoms with Gasteiger partial charge in [0.05, 0.1) is 42.8 Å². The Morgan fingerprint density at radius 3 is 2.40 bits per heavy atom. The van der Waals surface area contributed by atoms with Crippen LogP contribution in [-0.4, -0.2) is 53.5 Å². The highest BCUT2D eigenvalue weighted by molar-refractivity contribution is 5.92. The number of carbonyl (C=O) groups is 2. The molecule has 15 heteroatoms. The van der Waals surface area contributed by atoms with E-state index in [1.54, 1.807) is 23.1 Å². The molecular formula is C28H33F5N8O2. The molecule has 2 atom stereocenters. The van der Waals surface area contributed by atoms with Crippen LogP contribution in [0.4, 0.5) is 22.0 Å². The summed E-state index contributed by atoms with van der Waals surface area (Å²) in [5.74, 6) is -3.63. The first-order chi connectivity index (χ1) is 20.4. The van der Waals surface area contributed by atoms with Crippen molar-refractivity contribution in [3.63, 3.8) is 0 Å². The Morgan fingerprint density at radius 1 is 1.00 bits per heavy atom. The van der Waals surface area contributed by atoms with Crippen molar-refractivity contribution in [3.05, 3.63) is 41.6 Å². The quantitative estimate of drug-likeness (QED) is 0.298. The average Bonchev–Trinajstić information content (AvgIpc) is 3.87. The maximum atomic E-state index is 14.0. The molecule has 1 unspecified atom stereocenters. The molecule has 3 saturated carbocycles. The molecule has 0 bridgehead atoms. The lowest BCUT2D eigenvalue weighted by Crippen LogP contribution is -2.38. The zero-order chi connectivity index (χ0) is 30.4. The molecule has 0 aromatic carbocycles.